The van der Waals surface area contributed by atoms with E-state index in [0.717, 1.165) is 42.1 Å². The Labute approximate surface area is 231 Å². The number of imide groups is 1. The Morgan fingerprint density at radius 1 is 1.03 bits per heavy atom. The summed E-state index contributed by atoms with van der Waals surface area (Å²) in [6.07, 6.45) is 5.01. The number of halogens is 1. The predicted octanol–water partition coefficient (Wildman–Crippen LogP) is 4.97. The van der Waals surface area contributed by atoms with Gasteiger partial charge in [0.25, 0.3) is 0 Å². The molecule has 2 amide bonds. The number of amides is 2. The van der Waals surface area contributed by atoms with Gasteiger partial charge in [0, 0.05) is 16.1 Å². The molecule has 0 spiro atoms. The Hall–Kier alpha value is -2.62. The summed E-state index contributed by atoms with van der Waals surface area (Å²) in [4.78, 5) is 29.3. The average molecular weight is 580 g/mol. The molecule has 2 aromatic rings. The van der Waals surface area contributed by atoms with Crippen molar-refractivity contribution in [1.82, 2.24) is 4.90 Å². The minimum absolute atomic E-state index is 0.0449. The van der Waals surface area contributed by atoms with Crippen molar-refractivity contribution in [2.45, 2.75) is 57.1 Å². The number of hydrogen-bond acceptors (Lipinski definition) is 6. The number of ether oxygens (including phenoxy) is 1. The van der Waals surface area contributed by atoms with E-state index < -0.39 is 25.1 Å². The number of aromatic hydroxyl groups is 1. The van der Waals surface area contributed by atoms with Gasteiger partial charge in [-0.05, 0) is 73.0 Å². The van der Waals surface area contributed by atoms with E-state index in [1.165, 1.54) is 0 Å². The van der Waals surface area contributed by atoms with Crippen LogP contribution in [0.1, 0.15) is 56.6 Å². The van der Waals surface area contributed by atoms with Crippen LogP contribution in [-0.2, 0) is 14.2 Å². The van der Waals surface area contributed by atoms with E-state index >= 15 is 0 Å². The first kappa shape index (κ1) is 25.7. The van der Waals surface area contributed by atoms with E-state index in [-0.39, 0.29) is 36.1 Å². The molecule has 0 aromatic heterocycles. The van der Waals surface area contributed by atoms with Crippen LogP contribution < -0.4 is 4.74 Å². The molecule has 198 valence electrons. The smallest absolute Gasteiger partial charge is 0.487 e. The van der Waals surface area contributed by atoms with Crippen molar-refractivity contribution in [2.24, 2.45) is 17.8 Å². The monoisotopic (exact) mass is 579 g/mol. The largest absolute Gasteiger partial charge is 0.508 e. The first-order chi connectivity index (χ1) is 18.4. The Bertz CT molecular complexity index is 1260. The number of likely N-dealkylation sites (tertiary alicyclic amines) is 1. The molecule has 6 rings (SSSR count). The lowest BCUT2D eigenvalue weighted by atomic mass is 9.55. The zero-order valence-electron chi connectivity index (χ0n) is 21.1. The SMILES string of the molecule is O=C1[C@H]2[C@H](CC(COc3ccccc3)=C3B(O)O[C@H](c4cc(Br)ccc4O)C[C@H]32)C(=O)N1C1CCCCC1. The summed E-state index contributed by atoms with van der Waals surface area (Å²) >= 11 is 3.45. The van der Waals surface area contributed by atoms with Crippen molar-refractivity contribution in [2.75, 3.05) is 6.61 Å². The summed E-state index contributed by atoms with van der Waals surface area (Å²) in [5, 5.41) is 21.9. The molecule has 38 heavy (non-hydrogen) atoms. The molecular weight excluding hydrogens is 549 g/mol. The van der Waals surface area contributed by atoms with Crippen LogP contribution in [0, 0.1) is 17.8 Å². The number of carbonyl (C=O) groups excluding carboxylic acids is 2. The number of allylic oxidation sites excluding steroid dienone is 1. The Morgan fingerprint density at radius 2 is 1.79 bits per heavy atom. The number of benzene rings is 2. The number of para-hydroxylation sites is 1. The third-order valence-electron chi connectivity index (χ3n) is 8.68. The quantitative estimate of drug-likeness (QED) is 0.384. The zero-order valence-corrected chi connectivity index (χ0v) is 22.7. The van der Waals surface area contributed by atoms with Crippen LogP contribution in [0.25, 0.3) is 0 Å². The van der Waals surface area contributed by atoms with Crippen molar-refractivity contribution in [1.29, 1.82) is 0 Å². The molecule has 4 atom stereocenters. The van der Waals surface area contributed by atoms with Crippen molar-refractivity contribution in [3.8, 4) is 11.5 Å². The number of phenolic OH excluding ortho intramolecular Hbond substituents is 1. The van der Waals surface area contributed by atoms with Gasteiger partial charge in [0.15, 0.2) is 0 Å². The van der Waals surface area contributed by atoms with E-state index in [9.17, 15) is 19.7 Å². The highest BCUT2D eigenvalue weighted by atomic mass is 79.9. The van der Waals surface area contributed by atoms with Gasteiger partial charge < -0.3 is 19.5 Å². The van der Waals surface area contributed by atoms with Gasteiger partial charge in [0.1, 0.15) is 18.1 Å². The molecule has 0 radical (unpaired) electrons. The standard InChI is InChI=1S/C29H31BBrNO6/c31-18-11-12-24(33)21(14-18)25-15-22-26-23(28(34)32(29(26)35)19-7-3-1-4-8-19)13-17(27(22)30(36)38-25)16-37-20-9-5-2-6-10-20/h2,5-6,9-12,14,19,22-23,25-26,33,36H,1,3-4,7-8,13,15-16H2/t22-,23-,25-,26+/m0/s1. The van der Waals surface area contributed by atoms with Crippen LogP contribution in [0.5, 0.6) is 11.5 Å². The molecule has 3 fully saturated rings. The highest BCUT2D eigenvalue weighted by Crippen LogP contribution is 2.53. The van der Waals surface area contributed by atoms with Gasteiger partial charge in [0.05, 0.1) is 17.9 Å². The second kappa shape index (κ2) is 10.5. The van der Waals surface area contributed by atoms with Crippen LogP contribution in [0.3, 0.4) is 0 Å². The van der Waals surface area contributed by atoms with Gasteiger partial charge in [-0.2, -0.15) is 0 Å². The topological polar surface area (TPSA) is 96.3 Å². The average Bonchev–Trinajstić information content (AvgIpc) is 3.18. The lowest BCUT2D eigenvalue weighted by Crippen LogP contribution is -2.46. The van der Waals surface area contributed by atoms with Crippen LogP contribution in [0.15, 0.2) is 64.0 Å². The summed E-state index contributed by atoms with van der Waals surface area (Å²) in [5.41, 5.74) is 2.01. The number of carbonyl (C=O) groups is 2. The van der Waals surface area contributed by atoms with E-state index in [1.807, 2.05) is 30.3 Å². The molecule has 0 unspecified atom stereocenters. The van der Waals surface area contributed by atoms with Crippen molar-refractivity contribution in [3.05, 3.63) is 69.6 Å². The maximum atomic E-state index is 13.9. The molecule has 9 heteroatoms. The zero-order chi connectivity index (χ0) is 26.4. The lowest BCUT2D eigenvalue weighted by molar-refractivity contribution is -0.143. The molecule has 2 heterocycles. The van der Waals surface area contributed by atoms with Crippen molar-refractivity contribution in [3.63, 3.8) is 0 Å². The molecule has 2 N–H and O–H groups in total. The van der Waals surface area contributed by atoms with Gasteiger partial charge in [-0.3, -0.25) is 14.5 Å². The second-order valence-electron chi connectivity index (χ2n) is 10.9. The number of hydrogen-bond donors (Lipinski definition) is 2. The van der Waals surface area contributed by atoms with Crippen LogP contribution in [0.2, 0.25) is 0 Å². The molecule has 2 saturated heterocycles. The Morgan fingerprint density at radius 3 is 2.55 bits per heavy atom. The maximum Gasteiger partial charge on any atom is 0.487 e. The third kappa shape index (κ3) is 4.59. The Balaban J connectivity index is 1.36. The normalized spacial score (nSPS) is 27.9. The third-order valence-corrected chi connectivity index (χ3v) is 9.17. The van der Waals surface area contributed by atoms with E-state index in [2.05, 4.69) is 15.9 Å². The first-order valence-electron chi connectivity index (χ1n) is 13.5. The minimum atomic E-state index is -1.26. The molecule has 2 aliphatic heterocycles. The fourth-order valence-corrected chi connectivity index (χ4v) is 7.32. The molecular formula is C29H31BBrNO6. The van der Waals surface area contributed by atoms with Crippen LogP contribution >= 0.6 is 15.9 Å². The second-order valence-corrected chi connectivity index (χ2v) is 11.8. The molecule has 2 aromatic carbocycles. The molecule has 7 nitrogen and oxygen atoms in total. The predicted molar refractivity (Wildman–Crippen MR) is 145 cm³/mol. The summed E-state index contributed by atoms with van der Waals surface area (Å²) in [5.74, 6) is -0.865. The highest BCUT2D eigenvalue weighted by molar-refractivity contribution is 9.10. The number of rotatable bonds is 5. The summed E-state index contributed by atoms with van der Waals surface area (Å²) in [6.45, 7) is 0.206. The minimum Gasteiger partial charge on any atom is -0.508 e. The molecule has 1 saturated carbocycles. The van der Waals surface area contributed by atoms with Gasteiger partial charge in [0.2, 0.25) is 11.8 Å². The summed E-state index contributed by atoms with van der Waals surface area (Å²) in [6, 6.07) is 14.5. The van der Waals surface area contributed by atoms with Crippen LogP contribution in [-0.4, -0.2) is 46.6 Å². The van der Waals surface area contributed by atoms with Crippen molar-refractivity contribution < 1.29 is 29.1 Å². The van der Waals surface area contributed by atoms with Gasteiger partial charge in [-0.25, -0.2) is 0 Å². The van der Waals surface area contributed by atoms with Gasteiger partial charge in [-0.15, -0.1) is 0 Å². The maximum absolute atomic E-state index is 13.9. The van der Waals surface area contributed by atoms with Crippen molar-refractivity contribution >= 4 is 34.9 Å². The number of phenols is 1. The van der Waals surface area contributed by atoms with E-state index in [4.69, 9.17) is 9.39 Å². The van der Waals surface area contributed by atoms with E-state index in [1.54, 1.807) is 23.1 Å². The fourth-order valence-electron chi connectivity index (χ4n) is 6.94. The first-order valence-corrected chi connectivity index (χ1v) is 14.3. The van der Waals surface area contributed by atoms with E-state index in [0.29, 0.717) is 29.6 Å². The lowest BCUT2D eigenvalue weighted by Gasteiger charge is -2.42. The summed E-state index contributed by atoms with van der Waals surface area (Å²) < 4.78 is 12.9. The van der Waals surface area contributed by atoms with Crippen LogP contribution in [0.4, 0.5) is 0 Å². The molecule has 2 aliphatic carbocycles. The van der Waals surface area contributed by atoms with Gasteiger partial charge >= 0.3 is 7.12 Å². The fraction of sp³-hybridized carbons (Fsp3) is 0.448. The highest BCUT2D eigenvalue weighted by Gasteiger charge is 2.59. The van der Waals surface area contributed by atoms with Gasteiger partial charge in [-0.1, -0.05) is 53.4 Å². The summed E-state index contributed by atoms with van der Waals surface area (Å²) in [7, 11) is -1.26. The number of fused-ring (bicyclic) bond motifs is 3. The number of nitrogens with zero attached hydrogens (tertiary/aromatic N) is 1. The molecule has 4 aliphatic rings. The molecule has 0 bridgehead atoms. The Kier molecular flexibility index (Phi) is 7.09.